The fourth-order valence-corrected chi connectivity index (χ4v) is 6.64. The topological polar surface area (TPSA) is 68.1 Å². The average Bonchev–Trinajstić information content (AvgIpc) is 2.94. The Bertz CT molecular complexity index is 870. The Morgan fingerprint density at radius 2 is 1.71 bits per heavy atom. The molecule has 2 aliphatic carbocycles. The second kappa shape index (κ2) is 4.67. The highest BCUT2D eigenvalue weighted by atomic mass is 32.2. The molecule has 0 amide bonds. The van der Waals surface area contributed by atoms with Gasteiger partial charge in [-0.2, -0.15) is 4.31 Å². The smallest absolute Gasteiger partial charge is 0.205 e. The molecule has 7 heteroatoms. The van der Waals surface area contributed by atoms with Crippen molar-refractivity contribution in [2.45, 2.75) is 37.1 Å². The van der Waals surface area contributed by atoms with Crippen molar-refractivity contribution in [3.05, 3.63) is 36.5 Å². The van der Waals surface area contributed by atoms with Crippen molar-refractivity contribution in [2.75, 3.05) is 13.1 Å². The lowest BCUT2D eigenvalue weighted by Gasteiger charge is -2.67. The van der Waals surface area contributed by atoms with Crippen molar-refractivity contribution in [1.82, 2.24) is 19.3 Å². The summed E-state index contributed by atoms with van der Waals surface area (Å²) in [7, 11) is -3.54. The number of para-hydroxylation sites is 1. The molecule has 1 saturated heterocycles. The molecular formula is C17H20N4O2S. The summed E-state index contributed by atoms with van der Waals surface area (Å²) in [5, 5.41) is 7.95. The van der Waals surface area contributed by atoms with Crippen LogP contribution >= 0.6 is 0 Å². The SMILES string of the molecule is O=S(=O)(c1cnnn1-c1ccccc1)N1CC2(C1)CC1(CCC1)C2. The van der Waals surface area contributed by atoms with Gasteiger partial charge in [0.2, 0.25) is 0 Å². The molecule has 0 radical (unpaired) electrons. The first-order valence-electron chi connectivity index (χ1n) is 8.49. The Kier molecular flexibility index (Phi) is 2.84. The van der Waals surface area contributed by atoms with Crippen LogP contribution in [0, 0.1) is 10.8 Å². The van der Waals surface area contributed by atoms with Gasteiger partial charge in [0.15, 0.2) is 5.03 Å². The van der Waals surface area contributed by atoms with Crippen molar-refractivity contribution in [3.63, 3.8) is 0 Å². The van der Waals surface area contributed by atoms with E-state index in [1.54, 1.807) is 4.31 Å². The normalized spacial score (nSPS) is 24.3. The molecule has 2 spiro atoms. The molecule has 0 bridgehead atoms. The average molecular weight is 344 g/mol. The van der Waals surface area contributed by atoms with Crippen molar-refractivity contribution >= 4 is 10.0 Å². The van der Waals surface area contributed by atoms with Gasteiger partial charge in [0.25, 0.3) is 10.0 Å². The van der Waals surface area contributed by atoms with Crippen LogP contribution < -0.4 is 0 Å². The summed E-state index contributed by atoms with van der Waals surface area (Å²) in [6.07, 6.45) is 7.80. The molecule has 0 atom stereocenters. The summed E-state index contributed by atoms with van der Waals surface area (Å²) in [5.74, 6) is 0. The van der Waals surface area contributed by atoms with Gasteiger partial charge in [-0.15, -0.1) is 5.10 Å². The van der Waals surface area contributed by atoms with Crippen molar-refractivity contribution in [2.24, 2.45) is 10.8 Å². The van der Waals surface area contributed by atoms with E-state index in [2.05, 4.69) is 10.3 Å². The van der Waals surface area contributed by atoms with Crippen molar-refractivity contribution < 1.29 is 8.42 Å². The molecule has 1 aromatic heterocycles. The molecule has 1 aromatic carbocycles. The zero-order valence-electron chi connectivity index (χ0n) is 13.4. The molecule has 2 heterocycles. The number of hydrogen-bond donors (Lipinski definition) is 0. The molecule has 2 saturated carbocycles. The Labute approximate surface area is 141 Å². The summed E-state index contributed by atoms with van der Waals surface area (Å²) >= 11 is 0. The van der Waals surface area contributed by atoms with Crippen LogP contribution in [0.25, 0.3) is 5.69 Å². The molecule has 3 aliphatic rings. The van der Waals surface area contributed by atoms with E-state index in [1.165, 1.54) is 43.0 Å². The van der Waals surface area contributed by atoms with Gasteiger partial charge < -0.3 is 0 Å². The lowest BCUT2D eigenvalue weighted by atomic mass is 9.43. The number of benzene rings is 1. The van der Waals surface area contributed by atoms with E-state index >= 15 is 0 Å². The predicted octanol–water partition coefficient (Wildman–Crippen LogP) is 2.22. The minimum atomic E-state index is -3.54. The van der Waals surface area contributed by atoms with Crippen LogP contribution in [0.15, 0.2) is 41.6 Å². The van der Waals surface area contributed by atoms with Gasteiger partial charge in [-0.1, -0.05) is 29.8 Å². The molecule has 0 unspecified atom stereocenters. The second-order valence-corrected chi connectivity index (χ2v) is 9.68. The fraction of sp³-hybridized carbons (Fsp3) is 0.529. The van der Waals surface area contributed by atoms with E-state index in [9.17, 15) is 8.42 Å². The van der Waals surface area contributed by atoms with Crippen LogP contribution in [0.5, 0.6) is 0 Å². The minimum absolute atomic E-state index is 0.154. The van der Waals surface area contributed by atoms with Gasteiger partial charge in [0.1, 0.15) is 0 Å². The predicted molar refractivity (Wildman–Crippen MR) is 88.1 cm³/mol. The number of rotatable bonds is 3. The largest absolute Gasteiger partial charge is 0.262 e. The minimum Gasteiger partial charge on any atom is -0.205 e. The summed E-state index contributed by atoms with van der Waals surface area (Å²) in [4.78, 5) is 0. The van der Waals surface area contributed by atoms with Crippen LogP contribution in [0.3, 0.4) is 0 Å². The van der Waals surface area contributed by atoms with E-state index < -0.39 is 10.0 Å². The maximum atomic E-state index is 13.0. The number of nitrogens with zero attached hydrogens (tertiary/aromatic N) is 4. The quantitative estimate of drug-likeness (QED) is 0.856. The molecule has 2 aromatic rings. The Hall–Kier alpha value is -1.73. The lowest BCUT2D eigenvalue weighted by molar-refractivity contribution is -0.151. The lowest BCUT2D eigenvalue weighted by Crippen LogP contribution is -2.67. The Morgan fingerprint density at radius 3 is 2.33 bits per heavy atom. The number of sulfonamides is 1. The monoisotopic (exact) mass is 344 g/mol. The summed E-state index contributed by atoms with van der Waals surface area (Å²) < 4.78 is 28.9. The van der Waals surface area contributed by atoms with E-state index in [0.717, 1.165) is 0 Å². The first-order chi connectivity index (χ1) is 11.5. The zero-order valence-corrected chi connectivity index (χ0v) is 14.2. The fourth-order valence-electron chi connectivity index (χ4n) is 4.95. The summed E-state index contributed by atoms with van der Waals surface area (Å²) in [5.41, 5.74) is 1.53. The Balaban J connectivity index is 1.37. The van der Waals surface area contributed by atoms with Gasteiger partial charge >= 0.3 is 0 Å². The third kappa shape index (κ3) is 1.94. The Morgan fingerprint density at radius 1 is 1.00 bits per heavy atom. The third-order valence-electron chi connectivity index (χ3n) is 6.06. The molecule has 5 rings (SSSR count). The number of hydrogen-bond acceptors (Lipinski definition) is 4. The highest BCUT2D eigenvalue weighted by molar-refractivity contribution is 7.89. The molecule has 24 heavy (non-hydrogen) atoms. The van der Waals surface area contributed by atoms with Crippen LogP contribution in [0.2, 0.25) is 0 Å². The molecule has 3 fully saturated rings. The zero-order chi connectivity index (χ0) is 16.4. The van der Waals surface area contributed by atoms with E-state index in [1.807, 2.05) is 30.3 Å². The van der Waals surface area contributed by atoms with Gasteiger partial charge in [0, 0.05) is 13.1 Å². The third-order valence-corrected chi connectivity index (χ3v) is 7.81. The molecule has 0 N–H and O–H groups in total. The van der Waals surface area contributed by atoms with Crippen LogP contribution in [0.4, 0.5) is 0 Å². The van der Waals surface area contributed by atoms with Crippen LogP contribution in [0.1, 0.15) is 32.1 Å². The highest BCUT2D eigenvalue weighted by Gasteiger charge is 2.63. The maximum Gasteiger partial charge on any atom is 0.262 e. The highest BCUT2D eigenvalue weighted by Crippen LogP contribution is 2.67. The molecule has 6 nitrogen and oxygen atoms in total. The van der Waals surface area contributed by atoms with Crippen molar-refractivity contribution in [1.29, 1.82) is 0 Å². The molecular weight excluding hydrogens is 324 g/mol. The summed E-state index contributed by atoms with van der Waals surface area (Å²) in [6, 6.07) is 9.27. The first kappa shape index (κ1) is 14.6. The first-order valence-corrected chi connectivity index (χ1v) is 9.93. The van der Waals surface area contributed by atoms with E-state index in [0.29, 0.717) is 24.2 Å². The number of aromatic nitrogens is 3. The van der Waals surface area contributed by atoms with Crippen LogP contribution in [-0.4, -0.2) is 40.8 Å². The van der Waals surface area contributed by atoms with Crippen LogP contribution in [-0.2, 0) is 10.0 Å². The molecule has 126 valence electrons. The van der Waals surface area contributed by atoms with E-state index in [-0.39, 0.29) is 10.4 Å². The van der Waals surface area contributed by atoms with Gasteiger partial charge in [-0.25, -0.2) is 13.1 Å². The maximum absolute atomic E-state index is 13.0. The molecule has 1 aliphatic heterocycles. The van der Waals surface area contributed by atoms with E-state index in [4.69, 9.17) is 0 Å². The van der Waals surface area contributed by atoms with Gasteiger partial charge in [-0.05, 0) is 48.6 Å². The van der Waals surface area contributed by atoms with Gasteiger partial charge in [0.05, 0.1) is 11.9 Å². The summed E-state index contributed by atoms with van der Waals surface area (Å²) in [6.45, 7) is 1.30. The van der Waals surface area contributed by atoms with Crippen molar-refractivity contribution in [3.8, 4) is 5.69 Å². The van der Waals surface area contributed by atoms with Gasteiger partial charge in [-0.3, -0.25) is 0 Å². The second-order valence-electron chi connectivity index (χ2n) is 7.80. The standard InChI is InChI=1S/C17H20N4O2S/c22-24(23,15-9-18-19-21(15)14-5-2-1-3-6-14)20-12-17(13-20)10-16(11-17)7-4-8-16/h1-3,5-6,9H,4,7-8,10-13H2.